The minimum atomic E-state index is 0.244. The number of hydrogen-bond donors (Lipinski definition) is 1. The third-order valence-electron chi connectivity index (χ3n) is 1.63. The largest absolute Gasteiger partial charge is 0.383 e. The lowest BCUT2D eigenvalue weighted by Gasteiger charge is -2.10. The molecule has 0 atom stereocenters. The van der Waals surface area contributed by atoms with Crippen LogP contribution >= 0.6 is 0 Å². The summed E-state index contributed by atoms with van der Waals surface area (Å²) < 4.78 is 0. The molecule has 1 N–H and O–H groups in total. The van der Waals surface area contributed by atoms with Gasteiger partial charge in [-0.05, 0) is 31.5 Å². The quantitative estimate of drug-likeness (QED) is 0.720. The van der Waals surface area contributed by atoms with Crippen LogP contribution in [-0.4, -0.2) is 6.04 Å². The van der Waals surface area contributed by atoms with Gasteiger partial charge in [-0.3, -0.25) is 0 Å². The van der Waals surface area contributed by atoms with E-state index in [0.717, 1.165) is 11.3 Å². The second-order valence-corrected chi connectivity index (χ2v) is 3.29. The van der Waals surface area contributed by atoms with E-state index in [4.69, 9.17) is 0 Å². The van der Waals surface area contributed by atoms with Crippen LogP contribution < -0.4 is 5.32 Å². The zero-order valence-electron chi connectivity index (χ0n) is 7.95. The van der Waals surface area contributed by atoms with Crippen molar-refractivity contribution in [1.29, 1.82) is 0 Å². The number of nitroso groups, excluding NO2 is 1. The van der Waals surface area contributed by atoms with Gasteiger partial charge in [0.25, 0.3) is 0 Å². The van der Waals surface area contributed by atoms with Crippen molar-refractivity contribution in [2.45, 2.75) is 26.4 Å². The van der Waals surface area contributed by atoms with Gasteiger partial charge < -0.3 is 5.32 Å². The van der Waals surface area contributed by atoms with Crippen LogP contribution in [0, 0.1) is 4.91 Å². The van der Waals surface area contributed by atoms with E-state index in [1.807, 2.05) is 24.3 Å². The average Bonchev–Trinajstić information content (AvgIpc) is 2.04. The maximum absolute atomic E-state index is 10.0. The van der Waals surface area contributed by atoms with Gasteiger partial charge in [0.05, 0.1) is 0 Å². The Bertz CT molecular complexity index is 284. The fourth-order valence-corrected chi connectivity index (χ4v) is 1.17. The molecule has 0 aliphatic carbocycles. The summed E-state index contributed by atoms with van der Waals surface area (Å²) in [4.78, 5) is 10.0. The van der Waals surface area contributed by atoms with Gasteiger partial charge in [-0.25, -0.2) is 0 Å². The Morgan fingerprint density at radius 1 is 1.46 bits per heavy atom. The van der Waals surface area contributed by atoms with Crippen LogP contribution in [0.3, 0.4) is 0 Å². The highest BCUT2D eigenvalue weighted by Gasteiger charge is 1.96. The van der Waals surface area contributed by atoms with Gasteiger partial charge in [0.1, 0.15) is 6.54 Å². The van der Waals surface area contributed by atoms with E-state index in [-0.39, 0.29) is 6.54 Å². The first-order chi connectivity index (χ1) is 6.22. The summed E-state index contributed by atoms with van der Waals surface area (Å²) in [6.45, 7) is 4.39. The molecule has 0 radical (unpaired) electrons. The third kappa shape index (κ3) is 3.23. The fraction of sp³-hybridized carbons (Fsp3) is 0.400. The summed E-state index contributed by atoms with van der Waals surface area (Å²) in [6, 6.07) is 8.15. The van der Waals surface area contributed by atoms with Gasteiger partial charge in [-0.15, -0.1) is 0 Å². The average molecular weight is 178 g/mol. The molecule has 70 valence electrons. The summed E-state index contributed by atoms with van der Waals surface area (Å²) >= 11 is 0. The lowest BCUT2D eigenvalue weighted by atomic mass is 10.2. The molecule has 0 saturated heterocycles. The number of nitrogens with zero attached hydrogens (tertiary/aromatic N) is 1. The van der Waals surface area contributed by atoms with Crippen molar-refractivity contribution in [3.8, 4) is 0 Å². The van der Waals surface area contributed by atoms with Gasteiger partial charge in [0.15, 0.2) is 0 Å². The molecule has 1 rings (SSSR count). The molecule has 0 bridgehead atoms. The lowest BCUT2D eigenvalue weighted by Crippen LogP contribution is -2.09. The van der Waals surface area contributed by atoms with Crippen molar-refractivity contribution in [2.75, 3.05) is 5.32 Å². The maximum Gasteiger partial charge on any atom is 0.106 e. The standard InChI is InChI=1S/C10H14N2O/c1-8(2)12-10-5-3-4-9(6-10)7-11-13/h3-6,8,12H,7H2,1-2H3. The van der Waals surface area contributed by atoms with Gasteiger partial charge in [0.2, 0.25) is 0 Å². The number of nitrogens with one attached hydrogen (secondary N) is 1. The molecule has 0 aliphatic heterocycles. The molecule has 0 spiro atoms. The summed E-state index contributed by atoms with van der Waals surface area (Å²) in [5.74, 6) is 0. The molecule has 0 aliphatic rings. The van der Waals surface area contributed by atoms with E-state index in [0.29, 0.717) is 6.04 Å². The summed E-state index contributed by atoms with van der Waals surface area (Å²) in [7, 11) is 0. The Balaban J connectivity index is 2.72. The zero-order chi connectivity index (χ0) is 9.68. The third-order valence-corrected chi connectivity index (χ3v) is 1.63. The number of hydrogen-bond acceptors (Lipinski definition) is 3. The molecule has 0 unspecified atom stereocenters. The summed E-state index contributed by atoms with van der Waals surface area (Å²) in [5, 5.41) is 6.11. The first-order valence-corrected chi connectivity index (χ1v) is 4.37. The SMILES string of the molecule is CC(C)Nc1cccc(CN=O)c1. The van der Waals surface area contributed by atoms with Crippen molar-refractivity contribution in [3.05, 3.63) is 34.7 Å². The smallest absolute Gasteiger partial charge is 0.106 e. The summed E-state index contributed by atoms with van der Waals surface area (Å²) in [5.41, 5.74) is 1.98. The number of benzene rings is 1. The van der Waals surface area contributed by atoms with Crippen molar-refractivity contribution in [2.24, 2.45) is 5.18 Å². The van der Waals surface area contributed by atoms with Crippen LogP contribution in [0.15, 0.2) is 29.4 Å². The molecule has 0 heterocycles. The first kappa shape index (κ1) is 9.71. The Hall–Kier alpha value is -1.38. The van der Waals surface area contributed by atoms with E-state index < -0.39 is 0 Å². The van der Waals surface area contributed by atoms with Crippen LogP contribution in [0.5, 0.6) is 0 Å². The van der Waals surface area contributed by atoms with Crippen LogP contribution in [-0.2, 0) is 6.54 Å². The van der Waals surface area contributed by atoms with Crippen molar-refractivity contribution < 1.29 is 0 Å². The van der Waals surface area contributed by atoms with Gasteiger partial charge in [0, 0.05) is 11.7 Å². The van der Waals surface area contributed by atoms with Crippen LogP contribution in [0.4, 0.5) is 5.69 Å². The maximum atomic E-state index is 10.0. The fourth-order valence-electron chi connectivity index (χ4n) is 1.17. The Kier molecular flexibility index (Phi) is 3.43. The van der Waals surface area contributed by atoms with Crippen molar-refractivity contribution in [1.82, 2.24) is 0 Å². The minimum Gasteiger partial charge on any atom is -0.383 e. The molecule has 1 aromatic rings. The minimum absolute atomic E-state index is 0.244. The van der Waals surface area contributed by atoms with Gasteiger partial charge in [-0.2, -0.15) is 4.91 Å². The highest BCUT2D eigenvalue weighted by molar-refractivity contribution is 5.46. The molecule has 3 nitrogen and oxygen atoms in total. The molecule has 0 saturated carbocycles. The molecular formula is C10H14N2O. The normalized spacial score (nSPS) is 10.1. The predicted octanol–water partition coefficient (Wildman–Crippen LogP) is 2.77. The molecule has 0 amide bonds. The number of rotatable bonds is 4. The predicted molar refractivity (Wildman–Crippen MR) is 54.7 cm³/mol. The Labute approximate surface area is 78.1 Å². The summed E-state index contributed by atoms with van der Waals surface area (Å²) in [6.07, 6.45) is 0. The molecule has 0 aromatic heterocycles. The van der Waals surface area contributed by atoms with Crippen LogP contribution in [0.2, 0.25) is 0 Å². The highest BCUT2D eigenvalue weighted by atomic mass is 16.3. The molecule has 0 fully saturated rings. The molecule has 13 heavy (non-hydrogen) atoms. The van der Waals surface area contributed by atoms with Crippen LogP contribution in [0.1, 0.15) is 19.4 Å². The number of anilines is 1. The van der Waals surface area contributed by atoms with Gasteiger partial charge >= 0.3 is 0 Å². The van der Waals surface area contributed by atoms with E-state index in [2.05, 4.69) is 24.3 Å². The monoisotopic (exact) mass is 178 g/mol. The molecule has 3 heteroatoms. The van der Waals surface area contributed by atoms with Crippen molar-refractivity contribution >= 4 is 5.69 Å². The highest BCUT2D eigenvalue weighted by Crippen LogP contribution is 2.12. The zero-order valence-corrected chi connectivity index (χ0v) is 7.95. The first-order valence-electron chi connectivity index (χ1n) is 4.37. The van der Waals surface area contributed by atoms with Gasteiger partial charge in [-0.1, -0.05) is 17.3 Å². The van der Waals surface area contributed by atoms with Crippen molar-refractivity contribution in [3.63, 3.8) is 0 Å². The Morgan fingerprint density at radius 2 is 2.23 bits per heavy atom. The second kappa shape index (κ2) is 4.60. The topological polar surface area (TPSA) is 41.5 Å². The van der Waals surface area contributed by atoms with E-state index in [1.165, 1.54) is 0 Å². The second-order valence-electron chi connectivity index (χ2n) is 3.29. The molecule has 1 aromatic carbocycles. The van der Waals surface area contributed by atoms with Crippen LogP contribution in [0.25, 0.3) is 0 Å². The van der Waals surface area contributed by atoms with E-state index in [1.54, 1.807) is 0 Å². The van der Waals surface area contributed by atoms with E-state index >= 15 is 0 Å². The van der Waals surface area contributed by atoms with E-state index in [9.17, 15) is 4.91 Å². The lowest BCUT2D eigenvalue weighted by molar-refractivity contribution is 0.898. The molecular weight excluding hydrogens is 164 g/mol. The Morgan fingerprint density at radius 3 is 2.85 bits per heavy atom.